The number of likely N-dealkylation sites (N-methyl/N-ethyl adjacent to an activating group) is 2. The predicted molar refractivity (Wildman–Crippen MR) is 73.1 cm³/mol. The van der Waals surface area contributed by atoms with Gasteiger partial charge in [-0.2, -0.15) is 0 Å². The van der Waals surface area contributed by atoms with Gasteiger partial charge in [0.05, 0.1) is 0 Å². The Kier molecular flexibility index (Phi) is 6.08. The second kappa shape index (κ2) is 7.33. The Bertz CT molecular complexity index is 312. The molecular formula is C13H25N3O3. The van der Waals surface area contributed by atoms with Crippen molar-refractivity contribution in [1.82, 2.24) is 14.7 Å². The lowest BCUT2D eigenvalue weighted by molar-refractivity contribution is -0.138. The first-order valence-electron chi connectivity index (χ1n) is 6.76. The van der Waals surface area contributed by atoms with Gasteiger partial charge in [0.2, 0.25) is 0 Å². The highest BCUT2D eigenvalue weighted by atomic mass is 16.4. The highest BCUT2D eigenvalue weighted by Crippen LogP contribution is 2.21. The number of carbonyl (C=O) groups excluding carboxylic acids is 1. The van der Waals surface area contributed by atoms with E-state index in [4.69, 9.17) is 5.11 Å². The maximum atomic E-state index is 12.2. The molecule has 0 saturated carbocycles. The fourth-order valence-electron chi connectivity index (χ4n) is 2.26. The van der Waals surface area contributed by atoms with E-state index in [2.05, 4.69) is 0 Å². The molecule has 19 heavy (non-hydrogen) atoms. The summed E-state index contributed by atoms with van der Waals surface area (Å²) in [6.45, 7) is 2.89. The van der Waals surface area contributed by atoms with Gasteiger partial charge in [0.25, 0.3) is 0 Å². The zero-order valence-corrected chi connectivity index (χ0v) is 12.1. The fraction of sp³-hybridized carbons (Fsp3) is 0.846. The molecule has 1 aliphatic rings. The van der Waals surface area contributed by atoms with Crippen molar-refractivity contribution in [2.75, 3.05) is 47.3 Å². The molecule has 1 N–H and O–H groups in total. The summed E-state index contributed by atoms with van der Waals surface area (Å²) in [5.74, 6) is -0.526. The lowest BCUT2D eigenvalue weighted by Crippen LogP contribution is -2.46. The van der Waals surface area contributed by atoms with Crippen LogP contribution in [0, 0.1) is 5.92 Å². The Morgan fingerprint density at radius 2 is 1.74 bits per heavy atom. The van der Waals surface area contributed by atoms with Crippen molar-refractivity contribution in [2.45, 2.75) is 19.3 Å². The highest BCUT2D eigenvalue weighted by Gasteiger charge is 2.25. The maximum absolute atomic E-state index is 12.2. The lowest BCUT2D eigenvalue weighted by atomic mass is 9.94. The molecule has 0 spiro atoms. The van der Waals surface area contributed by atoms with E-state index >= 15 is 0 Å². The molecule has 0 aliphatic carbocycles. The Hall–Kier alpha value is -1.30. The second-order valence-corrected chi connectivity index (χ2v) is 5.54. The van der Waals surface area contributed by atoms with Crippen molar-refractivity contribution < 1.29 is 14.7 Å². The summed E-state index contributed by atoms with van der Waals surface area (Å²) in [4.78, 5) is 28.4. The first-order valence-corrected chi connectivity index (χ1v) is 6.76. The molecule has 110 valence electrons. The quantitative estimate of drug-likeness (QED) is 0.803. The van der Waals surface area contributed by atoms with Crippen molar-refractivity contribution in [3.8, 4) is 0 Å². The summed E-state index contributed by atoms with van der Waals surface area (Å²) in [6.07, 6.45) is 1.80. The van der Waals surface area contributed by atoms with Gasteiger partial charge in [-0.25, -0.2) is 4.79 Å². The summed E-state index contributed by atoms with van der Waals surface area (Å²) >= 11 is 0. The molecule has 0 radical (unpaired) electrons. The minimum absolute atomic E-state index is 0.0515. The largest absolute Gasteiger partial charge is 0.481 e. The second-order valence-electron chi connectivity index (χ2n) is 5.54. The molecule has 0 atom stereocenters. The van der Waals surface area contributed by atoms with Gasteiger partial charge < -0.3 is 19.8 Å². The highest BCUT2D eigenvalue weighted by molar-refractivity contribution is 5.74. The van der Waals surface area contributed by atoms with Gasteiger partial charge >= 0.3 is 12.0 Å². The van der Waals surface area contributed by atoms with E-state index < -0.39 is 5.97 Å². The van der Waals surface area contributed by atoms with Crippen LogP contribution in [0.5, 0.6) is 0 Å². The summed E-state index contributed by atoms with van der Waals surface area (Å²) in [7, 11) is 5.78. The summed E-state index contributed by atoms with van der Waals surface area (Å²) in [5, 5.41) is 8.76. The van der Waals surface area contributed by atoms with E-state index in [1.807, 2.05) is 30.9 Å². The molecule has 0 aromatic carbocycles. The molecule has 1 fully saturated rings. The first-order chi connectivity index (χ1) is 8.90. The van der Waals surface area contributed by atoms with Gasteiger partial charge in [-0.3, -0.25) is 4.79 Å². The van der Waals surface area contributed by atoms with Crippen LogP contribution in [0.2, 0.25) is 0 Å². The fourth-order valence-corrected chi connectivity index (χ4v) is 2.26. The molecule has 0 aromatic heterocycles. The van der Waals surface area contributed by atoms with Gasteiger partial charge in [-0.05, 0) is 32.9 Å². The molecule has 0 bridgehead atoms. The lowest BCUT2D eigenvalue weighted by Gasteiger charge is -2.34. The van der Waals surface area contributed by atoms with Crippen LogP contribution in [0.1, 0.15) is 19.3 Å². The Morgan fingerprint density at radius 1 is 1.16 bits per heavy atom. The normalized spacial score (nSPS) is 16.7. The average Bonchev–Trinajstić information content (AvgIpc) is 2.35. The van der Waals surface area contributed by atoms with Crippen molar-refractivity contribution in [3.05, 3.63) is 0 Å². The average molecular weight is 271 g/mol. The number of likely N-dealkylation sites (tertiary alicyclic amines) is 1. The van der Waals surface area contributed by atoms with Gasteiger partial charge in [0.15, 0.2) is 0 Å². The van der Waals surface area contributed by atoms with Gasteiger partial charge in [-0.1, -0.05) is 0 Å². The molecule has 1 aliphatic heterocycles. The summed E-state index contributed by atoms with van der Waals surface area (Å²) in [5.41, 5.74) is 0. The number of piperidine rings is 1. The van der Waals surface area contributed by atoms with Crippen LogP contribution in [0.4, 0.5) is 4.79 Å². The maximum Gasteiger partial charge on any atom is 0.319 e. The third-order valence-corrected chi connectivity index (χ3v) is 3.56. The SMILES string of the molecule is CN(C)CCN(C)C(=O)N1CCC(CC(=O)O)CC1. The van der Waals surface area contributed by atoms with E-state index in [1.165, 1.54) is 0 Å². The molecule has 6 heteroatoms. The zero-order chi connectivity index (χ0) is 14.4. The van der Waals surface area contributed by atoms with Gasteiger partial charge in [0.1, 0.15) is 0 Å². The minimum atomic E-state index is -0.743. The molecular weight excluding hydrogens is 246 g/mol. The van der Waals surface area contributed by atoms with Crippen LogP contribution in [-0.2, 0) is 4.79 Å². The van der Waals surface area contributed by atoms with Crippen LogP contribution in [0.15, 0.2) is 0 Å². The van der Waals surface area contributed by atoms with E-state index in [0.717, 1.165) is 19.4 Å². The molecule has 0 unspecified atom stereocenters. The van der Waals surface area contributed by atoms with Crippen LogP contribution in [0.25, 0.3) is 0 Å². The standard InChI is InChI=1S/C13H25N3O3/c1-14(2)8-9-15(3)13(19)16-6-4-11(5-7-16)10-12(17)18/h11H,4-10H2,1-3H3,(H,17,18). The Balaban J connectivity index is 2.33. The minimum Gasteiger partial charge on any atom is -0.481 e. The van der Waals surface area contributed by atoms with E-state index in [0.29, 0.717) is 19.6 Å². The molecule has 2 amide bonds. The monoisotopic (exact) mass is 271 g/mol. The van der Waals surface area contributed by atoms with E-state index in [-0.39, 0.29) is 18.4 Å². The Morgan fingerprint density at radius 3 is 2.21 bits per heavy atom. The van der Waals surface area contributed by atoms with Crippen molar-refractivity contribution in [3.63, 3.8) is 0 Å². The number of rotatable bonds is 5. The third-order valence-electron chi connectivity index (χ3n) is 3.56. The number of urea groups is 1. The molecule has 1 rings (SSSR count). The molecule has 6 nitrogen and oxygen atoms in total. The van der Waals surface area contributed by atoms with Crippen molar-refractivity contribution >= 4 is 12.0 Å². The summed E-state index contributed by atoms with van der Waals surface area (Å²) in [6, 6.07) is 0.0515. The number of carboxylic acids is 1. The molecule has 1 heterocycles. The number of aliphatic carboxylic acids is 1. The number of amides is 2. The smallest absolute Gasteiger partial charge is 0.319 e. The Labute approximate surface area is 115 Å². The van der Waals surface area contributed by atoms with Crippen LogP contribution in [-0.4, -0.2) is 79.1 Å². The van der Waals surface area contributed by atoms with Crippen molar-refractivity contribution in [2.24, 2.45) is 5.92 Å². The topological polar surface area (TPSA) is 64.1 Å². The zero-order valence-electron chi connectivity index (χ0n) is 12.1. The van der Waals surface area contributed by atoms with E-state index in [1.54, 1.807) is 4.90 Å². The first kappa shape index (κ1) is 15.8. The molecule has 1 saturated heterocycles. The number of hydrogen-bond acceptors (Lipinski definition) is 3. The van der Waals surface area contributed by atoms with E-state index in [9.17, 15) is 9.59 Å². The number of carbonyl (C=O) groups is 2. The molecule has 0 aromatic rings. The third kappa shape index (κ3) is 5.46. The number of carboxylic acid groups (broad SMARTS) is 1. The summed E-state index contributed by atoms with van der Waals surface area (Å²) < 4.78 is 0. The van der Waals surface area contributed by atoms with Gasteiger partial charge in [0, 0.05) is 39.6 Å². The van der Waals surface area contributed by atoms with Crippen LogP contribution in [0.3, 0.4) is 0 Å². The predicted octanol–water partition coefficient (Wildman–Crippen LogP) is 0.787. The van der Waals surface area contributed by atoms with Gasteiger partial charge in [-0.15, -0.1) is 0 Å². The number of hydrogen-bond donors (Lipinski definition) is 1. The van der Waals surface area contributed by atoms with Crippen molar-refractivity contribution in [1.29, 1.82) is 0 Å². The van der Waals surface area contributed by atoms with Crippen LogP contribution < -0.4 is 0 Å². The van der Waals surface area contributed by atoms with Crippen LogP contribution >= 0.6 is 0 Å². The number of nitrogens with zero attached hydrogens (tertiary/aromatic N) is 3.